The fourth-order valence-electron chi connectivity index (χ4n) is 9.05. The summed E-state index contributed by atoms with van der Waals surface area (Å²) in [6.07, 6.45) is 9.14. The molecule has 0 aromatic carbocycles. The summed E-state index contributed by atoms with van der Waals surface area (Å²) in [6.45, 7) is 16.5. The molecule has 0 aromatic rings. The zero-order valence-electron chi connectivity index (χ0n) is 23.0. The molecule has 2 N–H and O–H groups in total. The van der Waals surface area contributed by atoms with E-state index in [0.717, 1.165) is 50.5 Å². The van der Waals surface area contributed by atoms with Gasteiger partial charge >= 0.3 is 5.97 Å². The molecule has 5 rings (SSSR count). The van der Waals surface area contributed by atoms with Crippen molar-refractivity contribution in [2.75, 3.05) is 6.61 Å². The van der Waals surface area contributed by atoms with Crippen LogP contribution in [0, 0.1) is 34.5 Å². The molecule has 0 unspecified atom stereocenters. The maximum atomic E-state index is 12.4. The fourth-order valence-corrected chi connectivity index (χ4v) is 10.5. The SMILES string of the molecule is CC(C)(C)[Si](C)(C)O[C@H]1CC[C@@]2(C)[C@H](CC[C@@H]3[C@@H]2C[C@@H](O)[C@]2(C)[C@@H](C4=CC(=O)OC4)CC[C@]32O)C1. The molecule has 4 aliphatic carbocycles. The van der Waals surface area contributed by atoms with E-state index in [-0.39, 0.29) is 28.3 Å². The molecule has 5 nitrogen and oxygen atoms in total. The minimum atomic E-state index is -1.80. The number of hydrogen-bond donors (Lipinski definition) is 2. The zero-order valence-corrected chi connectivity index (χ0v) is 24.0. The number of aliphatic hydroxyl groups excluding tert-OH is 1. The summed E-state index contributed by atoms with van der Waals surface area (Å²) in [7, 11) is -1.80. The third kappa shape index (κ3) is 3.67. The van der Waals surface area contributed by atoms with E-state index in [0.29, 0.717) is 31.0 Å². The van der Waals surface area contributed by atoms with Gasteiger partial charge in [-0.2, -0.15) is 0 Å². The molecule has 4 saturated carbocycles. The maximum absolute atomic E-state index is 12.4. The summed E-state index contributed by atoms with van der Waals surface area (Å²) in [5.41, 5.74) is -0.415. The number of carbonyl (C=O) groups is 1. The number of cyclic esters (lactones) is 1. The summed E-state index contributed by atoms with van der Waals surface area (Å²) in [5, 5.41) is 24.3. The first kappa shape index (κ1) is 25.9. The van der Waals surface area contributed by atoms with E-state index in [4.69, 9.17) is 9.16 Å². The summed E-state index contributed by atoms with van der Waals surface area (Å²) in [6, 6.07) is 0. The van der Waals surface area contributed by atoms with Crippen molar-refractivity contribution in [1.29, 1.82) is 0 Å². The first-order valence-corrected chi connectivity index (χ1v) is 17.0. The standard InChI is InChI=1S/C29H48O5Si/c1-26(2,3)35(6,7)34-20-10-12-27(4)19(15-20)8-9-22-23(27)16-24(30)28(5)21(11-13-29(22,28)32)18-14-25(31)33-17-18/h14,19-24,30,32H,8-13,15-17H2,1-7H3/t19-,20+,21-,22-,23+,24-,27+,28+,29+/m1/s1. The predicted octanol–water partition coefficient (Wildman–Crippen LogP) is 5.60. The topological polar surface area (TPSA) is 76.0 Å². The molecule has 1 aliphatic heterocycles. The molecule has 0 amide bonds. The van der Waals surface area contributed by atoms with Gasteiger partial charge in [0.1, 0.15) is 6.61 Å². The molecule has 9 atom stereocenters. The van der Waals surface area contributed by atoms with Gasteiger partial charge in [-0.25, -0.2) is 4.79 Å². The van der Waals surface area contributed by atoms with Gasteiger partial charge in [0.05, 0.1) is 11.7 Å². The first-order valence-electron chi connectivity index (χ1n) is 14.1. The second kappa shape index (κ2) is 8.15. The third-order valence-corrected chi connectivity index (χ3v) is 16.8. The summed E-state index contributed by atoms with van der Waals surface area (Å²) in [5.74, 6) is 0.852. The average Bonchev–Trinajstić information content (AvgIpc) is 3.30. The van der Waals surface area contributed by atoms with Gasteiger partial charge < -0.3 is 19.4 Å². The lowest BCUT2D eigenvalue weighted by atomic mass is 9.42. The van der Waals surface area contributed by atoms with Crippen molar-refractivity contribution < 1.29 is 24.2 Å². The van der Waals surface area contributed by atoms with Gasteiger partial charge in [0.25, 0.3) is 0 Å². The highest BCUT2D eigenvalue weighted by Crippen LogP contribution is 2.70. The molecule has 198 valence electrons. The van der Waals surface area contributed by atoms with Crippen LogP contribution in [0.3, 0.4) is 0 Å². The van der Waals surface area contributed by atoms with Gasteiger partial charge in [-0.05, 0) is 104 Å². The van der Waals surface area contributed by atoms with Crippen molar-refractivity contribution in [2.24, 2.45) is 34.5 Å². The monoisotopic (exact) mass is 504 g/mol. The number of aliphatic hydroxyl groups is 2. The van der Waals surface area contributed by atoms with Gasteiger partial charge in [0.2, 0.25) is 0 Å². The normalized spacial score (nSPS) is 48.0. The molecule has 0 bridgehead atoms. The molecule has 1 heterocycles. The number of rotatable bonds is 3. The molecule has 0 saturated heterocycles. The Morgan fingerprint density at radius 2 is 1.77 bits per heavy atom. The Hall–Kier alpha value is -0.693. The van der Waals surface area contributed by atoms with E-state index in [9.17, 15) is 15.0 Å². The molecular formula is C29H48O5Si. The van der Waals surface area contributed by atoms with Gasteiger partial charge in [-0.3, -0.25) is 0 Å². The predicted molar refractivity (Wildman–Crippen MR) is 139 cm³/mol. The van der Waals surface area contributed by atoms with Crippen molar-refractivity contribution in [3.63, 3.8) is 0 Å². The van der Waals surface area contributed by atoms with E-state index in [1.807, 2.05) is 0 Å². The average molecular weight is 505 g/mol. The molecule has 5 aliphatic rings. The lowest BCUT2D eigenvalue weighted by Crippen LogP contribution is -2.67. The van der Waals surface area contributed by atoms with Crippen LogP contribution in [0.5, 0.6) is 0 Å². The van der Waals surface area contributed by atoms with Crippen LogP contribution in [0.4, 0.5) is 0 Å². The van der Waals surface area contributed by atoms with Crippen LogP contribution in [0.15, 0.2) is 11.6 Å². The number of ether oxygens (including phenoxy) is 1. The molecule has 0 aromatic heterocycles. The molecule has 4 fully saturated rings. The summed E-state index contributed by atoms with van der Waals surface area (Å²) in [4.78, 5) is 11.8. The smallest absolute Gasteiger partial charge is 0.331 e. The van der Waals surface area contributed by atoms with Crippen LogP contribution >= 0.6 is 0 Å². The number of hydrogen-bond acceptors (Lipinski definition) is 5. The van der Waals surface area contributed by atoms with E-state index in [1.165, 1.54) is 0 Å². The Labute approximate surface area is 213 Å². The minimum Gasteiger partial charge on any atom is -0.458 e. The van der Waals surface area contributed by atoms with Crippen LogP contribution in [0.1, 0.15) is 86.0 Å². The Bertz CT molecular complexity index is 907. The zero-order chi connectivity index (χ0) is 25.6. The Morgan fingerprint density at radius 3 is 2.40 bits per heavy atom. The highest BCUT2D eigenvalue weighted by atomic mass is 28.4. The lowest BCUT2D eigenvalue weighted by molar-refractivity contribution is -0.244. The van der Waals surface area contributed by atoms with Gasteiger partial charge in [-0.15, -0.1) is 0 Å². The van der Waals surface area contributed by atoms with E-state index >= 15 is 0 Å². The summed E-state index contributed by atoms with van der Waals surface area (Å²) < 4.78 is 12.1. The lowest BCUT2D eigenvalue weighted by Gasteiger charge is -2.65. The van der Waals surface area contributed by atoms with Gasteiger partial charge in [-0.1, -0.05) is 34.6 Å². The highest BCUT2D eigenvalue weighted by Gasteiger charge is 2.70. The molecular weight excluding hydrogens is 456 g/mol. The van der Waals surface area contributed by atoms with E-state index in [1.54, 1.807) is 6.08 Å². The Kier molecular flexibility index (Phi) is 6.04. The maximum Gasteiger partial charge on any atom is 0.331 e. The van der Waals surface area contributed by atoms with Crippen LogP contribution in [0.25, 0.3) is 0 Å². The molecule has 0 radical (unpaired) electrons. The minimum absolute atomic E-state index is 0.00848. The highest BCUT2D eigenvalue weighted by molar-refractivity contribution is 6.74. The van der Waals surface area contributed by atoms with Crippen molar-refractivity contribution in [1.82, 2.24) is 0 Å². The van der Waals surface area contributed by atoms with E-state index in [2.05, 4.69) is 47.7 Å². The van der Waals surface area contributed by atoms with Crippen molar-refractivity contribution in [2.45, 2.75) is 122 Å². The van der Waals surface area contributed by atoms with Gasteiger partial charge in [0, 0.05) is 17.6 Å². The van der Waals surface area contributed by atoms with E-state index < -0.39 is 25.4 Å². The second-order valence-corrected chi connectivity index (χ2v) is 19.4. The number of carbonyl (C=O) groups excluding carboxylic acids is 1. The Balaban J connectivity index is 1.38. The summed E-state index contributed by atoms with van der Waals surface area (Å²) >= 11 is 0. The second-order valence-electron chi connectivity index (χ2n) is 14.6. The molecule has 0 spiro atoms. The Morgan fingerprint density at radius 1 is 1.06 bits per heavy atom. The molecule has 6 heteroatoms. The number of fused-ring (bicyclic) bond motifs is 5. The van der Waals surface area contributed by atoms with Crippen LogP contribution in [-0.4, -0.2) is 48.9 Å². The fraction of sp³-hybridized carbons (Fsp3) is 0.897. The third-order valence-electron chi connectivity index (χ3n) is 12.3. The van der Waals surface area contributed by atoms with Crippen LogP contribution < -0.4 is 0 Å². The largest absolute Gasteiger partial charge is 0.458 e. The quantitative estimate of drug-likeness (QED) is 0.386. The van der Waals surface area contributed by atoms with Crippen molar-refractivity contribution in [3.8, 4) is 0 Å². The van der Waals surface area contributed by atoms with Crippen molar-refractivity contribution >= 4 is 14.3 Å². The first-order chi connectivity index (χ1) is 16.1. The van der Waals surface area contributed by atoms with Crippen LogP contribution in [0.2, 0.25) is 18.1 Å². The van der Waals surface area contributed by atoms with Crippen molar-refractivity contribution in [3.05, 3.63) is 11.6 Å². The molecule has 35 heavy (non-hydrogen) atoms. The van der Waals surface area contributed by atoms with Gasteiger partial charge in [0.15, 0.2) is 8.32 Å². The number of esters is 1. The van der Waals surface area contributed by atoms with Crippen LogP contribution in [-0.2, 0) is 14.0 Å².